The number of rotatable bonds is 9. The molecule has 0 unspecified atom stereocenters. The molecule has 150 valence electrons. The van der Waals surface area contributed by atoms with E-state index in [2.05, 4.69) is 10.6 Å². The van der Waals surface area contributed by atoms with Crippen LogP contribution < -0.4 is 10.6 Å². The summed E-state index contributed by atoms with van der Waals surface area (Å²) in [5.74, 6) is 1.79. The molecule has 0 aliphatic rings. The Kier molecular flexibility index (Phi) is 7.72. The molecular formula is C22H22N2O3S2. The molecule has 0 radical (unpaired) electrons. The van der Waals surface area contributed by atoms with Crippen molar-refractivity contribution in [1.82, 2.24) is 10.6 Å². The Hall–Kier alpha value is -2.77. The number of carbonyl (C=O) groups is 2. The summed E-state index contributed by atoms with van der Waals surface area (Å²) in [6.45, 7) is 2.42. The third-order valence-electron chi connectivity index (χ3n) is 3.96. The van der Waals surface area contributed by atoms with Crippen LogP contribution in [-0.2, 0) is 10.5 Å². The lowest BCUT2D eigenvalue weighted by atomic mass is 10.1. The number of amides is 2. The maximum absolute atomic E-state index is 12.7. The molecule has 29 heavy (non-hydrogen) atoms. The van der Waals surface area contributed by atoms with Gasteiger partial charge in [-0.15, -0.1) is 11.3 Å². The largest absolute Gasteiger partial charge is 0.468 e. The predicted molar refractivity (Wildman–Crippen MR) is 119 cm³/mol. The minimum absolute atomic E-state index is 0.231. The van der Waals surface area contributed by atoms with Gasteiger partial charge in [0.2, 0.25) is 0 Å². The molecule has 0 spiro atoms. The molecule has 0 aliphatic heterocycles. The number of hydrogen-bond donors (Lipinski definition) is 2. The van der Waals surface area contributed by atoms with Gasteiger partial charge >= 0.3 is 0 Å². The number of furan rings is 1. The lowest BCUT2D eigenvalue weighted by Gasteiger charge is -2.11. The van der Waals surface area contributed by atoms with Gasteiger partial charge in [-0.05, 0) is 48.7 Å². The zero-order valence-corrected chi connectivity index (χ0v) is 17.6. The topological polar surface area (TPSA) is 71.3 Å². The Morgan fingerprint density at radius 1 is 1.17 bits per heavy atom. The van der Waals surface area contributed by atoms with E-state index in [0.29, 0.717) is 12.1 Å². The minimum atomic E-state index is -0.307. The van der Waals surface area contributed by atoms with Crippen molar-refractivity contribution in [2.45, 2.75) is 12.7 Å². The van der Waals surface area contributed by atoms with Crippen LogP contribution in [-0.4, -0.2) is 24.1 Å². The second-order valence-electron chi connectivity index (χ2n) is 6.28. The second-order valence-corrected chi connectivity index (χ2v) is 8.37. The summed E-state index contributed by atoms with van der Waals surface area (Å²) in [6, 6.07) is 14.9. The van der Waals surface area contributed by atoms with E-state index < -0.39 is 0 Å². The van der Waals surface area contributed by atoms with Crippen molar-refractivity contribution in [3.05, 3.63) is 87.6 Å². The molecular weight excluding hydrogens is 404 g/mol. The van der Waals surface area contributed by atoms with Gasteiger partial charge in [0.15, 0.2) is 0 Å². The number of aryl methyl sites for hydroxylation is 1. The van der Waals surface area contributed by atoms with E-state index in [1.165, 1.54) is 11.3 Å². The first-order valence-electron chi connectivity index (χ1n) is 9.13. The van der Waals surface area contributed by atoms with Crippen molar-refractivity contribution in [3.63, 3.8) is 0 Å². The maximum Gasteiger partial charge on any atom is 0.267 e. The molecule has 5 nitrogen and oxygen atoms in total. The van der Waals surface area contributed by atoms with Crippen molar-refractivity contribution >= 4 is 41.0 Å². The molecule has 7 heteroatoms. The van der Waals surface area contributed by atoms with Crippen LogP contribution in [0.15, 0.2) is 70.3 Å². The van der Waals surface area contributed by atoms with Gasteiger partial charge in [0, 0.05) is 22.7 Å². The quantitative estimate of drug-likeness (QED) is 0.391. The smallest absolute Gasteiger partial charge is 0.267 e. The van der Waals surface area contributed by atoms with Crippen LogP contribution in [0.25, 0.3) is 6.08 Å². The van der Waals surface area contributed by atoms with Crippen LogP contribution in [0.4, 0.5) is 0 Å². The number of hydrogen-bond acceptors (Lipinski definition) is 5. The molecule has 3 rings (SSSR count). The first-order valence-corrected chi connectivity index (χ1v) is 11.2. The highest BCUT2D eigenvalue weighted by Crippen LogP contribution is 2.14. The van der Waals surface area contributed by atoms with E-state index in [1.807, 2.05) is 48.7 Å². The van der Waals surface area contributed by atoms with E-state index in [1.54, 1.807) is 36.2 Å². The minimum Gasteiger partial charge on any atom is -0.468 e. The molecule has 0 saturated carbocycles. The molecule has 0 atom stereocenters. The third-order valence-corrected chi connectivity index (χ3v) is 5.76. The molecule has 0 saturated heterocycles. The van der Waals surface area contributed by atoms with Crippen molar-refractivity contribution in [2.75, 3.05) is 12.3 Å². The monoisotopic (exact) mass is 426 g/mol. The van der Waals surface area contributed by atoms with E-state index >= 15 is 0 Å². The summed E-state index contributed by atoms with van der Waals surface area (Å²) in [4.78, 5) is 26.2. The number of benzene rings is 1. The Bertz CT molecular complexity index is 964. The standard InChI is InChI=1S/C22H22N2O3S2/c1-16-5-2-6-17(13-16)21(25)24-20(14-19-8-4-11-29-19)22(26)23-9-12-28-15-18-7-3-10-27-18/h2-8,10-11,13-14H,9,12,15H2,1H3,(H,23,26)(H,24,25)/b20-14-. The summed E-state index contributed by atoms with van der Waals surface area (Å²) >= 11 is 3.17. The van der Waals surface area contributed by atoms with Crippen LogP contribution in [0.3, 0.4) is 0 Å². The first kappa shape index (κ1) is 21.0. The summed E-state index contributed by atoms with van der Waals surface area (Å²) in [5, 5.41) is 7.56. The summed E-state index contributed by atoms with van der Waals surface area (Å²) in [7, 11) is 0. The van der Waals surface area contributed by atoms with Crippen LogP contribution in [0.2, 0.25) is 0 Å². The van der Waals surface area contributed by atoms with Gasteiger partial charge in [-0.2, -0.15) is 11.8 Å². The van der Waals surface area contributed by atoms with Crippen molar-refractivity contribution in [3.8, 4) is 0 Å². The zero-order chi connectivity index (χ0) is 20.5. The van der Waals surface area contributed by atoms with Crippen LogP contribution >= 0.6 is 23.1 Å². The maximum atomic E-state index is 12.7. The Labute approximate surface area is 178 Å². The average molecular weight is 427 g/mol. The highest BCUT2D eigenvalue weighted by atomic mass is 32.2. The number of nitrogens with one attached hydrogen (secondary N) is 2. The van der Waals surface area contributed by atoms with Crippen LogP contribution in [0, 0.1) is 6.92 Å². The number of carbonyl (C=O) groups excluding carboxylic acids is 2. The van der Waals surface area contributed by atoms with Gasteiger partial charge in [-0.1, -0.05) is 23.8 Å². The van der Waals surface area contributed by atoms with E-state index in [0.717, 1.165) is 27.7 Å². The molecule has 1 aromatic carbocycles. The highest BCUT2D eigenvalue weighted by Gasteiger charge is 2.15. The van der Waals surface area contributed by atoms with E-state index in [9.17, 15) is 9.59 Å². The van der Waals surface area contributed by atoms with Crippen LogP contribution in [0.1, 0.15) is 26.6 Å². The van der Waals surface area contributed by atoms with E-state index in [-0.39, 0.29) is 17.5 Å². The summed E-state index contributed by atoms with van der Waals surface area (Å²) in [6.07, 6.45) is 3.35. The molecule has 2 aromatic heterocycles. The number of thiophene rings is 1. The molecule has 0 fully saturated rings. The van der Waals surface area contributed by atoms with Crippen LogP contribution in [0.5, 0.6) is 0 Å². The predicted octanol–water partition coefficient (Wildman–Crippen LogP) is 4.47. The average Bonchev–Trinajstić information content (AvgIpc) is 3.41. The Morgan fingerprint density at radius 3 is 2.79 bits per heavy atom. The first-order chi connectivity index (χ1) is 14.1. The van der Waals surface area contributed by atoms with Gasteiger partial charge in [0.1, 0.15) is 11.5 Å². The number of thioether (sulfide) groups is 1. The normalized spacial score (nSPS) is 11.3. The molecule has 2 amide bonds. The Morgan fingerprint density at radius 2 is 2.07 bits per heavy atom. The summed E-state index contributed by atoms with van der Waals surface area (Å²) in [5.41, 5.74) is 1.73. The van der Waals surface area contributed by atoms with Crippen molar-refractivity contribution < 1.29 is 14.0 Å². The molecule has 2 N–H and O–H groups in total. The molecule has 0 bridgehead atoms. The van der Waals surface area contributed by atoms with Gasteiger partial charge < -0.3 is 15.1 Å². The lowest BCUT2D eigenvalue weighted by Crippen LogP contribution is -2.35. The van der Waals surface area contributed by atoms with Crippen molar-refractivity contribution in [1.29, 1.82) is 0 Å². The summed E-state index contributed by atoms with van der Waals surface area (Å²) < 4.78 is 5.29. The van der Waals surface area contributed by atoms with Crippen molar-refractivity contribution in [2.24, 2.45) is 0 Å². The van der Waals surface area contributed by atoms with Gasteiger partial charge in [-0.25, -0.2) is 0 Å². The fourth-order valence-electron chi connectivity index (χ4n) is 2.55. The highest BCUT2D eigenvalue weighted by molar-refractivity contribution is 7.98. The van der Waals surface area contributed by atoms with Gasteiger partial charge in [0.05, 0.1) is 12.0 Å². The van der Waals surface area contributed by atoms with Gasteiger partial charge in [-0.3, -0.25) is 9.59 Å². The SMILES string of the molecule is Cc1cccc(C(=O)N/C(=C\c2cccs2)C(=O)NCCSCc2ccco2)c1. The fourth-order valence-corrected chi connectivity index (χ4v) is 3.97. The molecule has 3 aromatic rings. The Balaban J connectivity index is 1.59. The lowest BCUT2D eigenvalue weighted by molar-refractivity contribution is -0.117. The third kappa shape index (κ3) is 6.66. The molecule has 2 heterocycles. The zero-order valence-electron chi connectivity index (χ0n) is 16.0. The second kappa shape index (κ2) is 10.7. The fraction of sp³-hybridized carbons (Fsp3) is 0.182. The molecule has 0 aliphatic carbocycles. The van der Waals surface area contributed by atoms with Gasteiger partial charge in [0.25, 0.3) is 11.8 Å². The van der Waals surface area contributed by atoms with E-state index in [4.69, 9.17) is 4.42 Å².